The number of halogens is 3. The van der Waals surface area contributed by atoms with E-state index in [2.05, 4.69) is 10.3 Å². The lowest BCUT2D eigenvalue weighted by Crippen LogP contribution is -2.32. The molecule has 32 heavy (non-hydrogen) atoms. The lowest BCUT2D eigenvalue weighted by Gasteiger charge is -2.19. The maximum absolute atomic E-state index is 14.6. The fraction of sp³-hybridized carbons (Fsp3) is 0.0870. The number of carbonyl (C=O) groups is 1. The van der Waals surface area contributed by atoms with Crippen LogP contribution in [0.15, 0.2) is 65.6 Å². The number of hydrogen-bond acceptors (Lipinski definition) is 4. The molecule has 0 spiro atoms. The van der Waals surface area contributed by atoms with E-state index in [1.54, 1.807) is 0 Å². The molecule has 0 saturated carbocycles. The van der Waals surface area contributed by atoms with Crippen molar-refractivity contribution in [1.29, 1.82) is 0 Å². The maximum Gasteiger partial charge on any atom is 0.266 e. The summed E-state index contributed by atoms with van der Waals surface area (Å²) < 4.78 is 42.5. The Kier molecular flexibility index (Phi) is 5.50. The monoisotopic (exact) mass is 439 g/mol. The van der Waals surface area contributed by atoms with Crippen LogP contribution in [0, 0.1) is 24.5 Å². The van der Waals surface area contributed by atoms with E-state index in [0.29, 0.717) is 0 Å². The van der Waals surface area contributed by atoms with Gasteiger partial charge in [0.1, 0.15) is 11.6 Å². The summed E-state index contributed by atoms with van der Waals surface area (Å²) in [5.74, 6) is -3.05. The molecule has 4 rings (SSSR count). The average Bonchev–Trinajstić information content (AvgIpc) is 2.75. The number of benzene rings is 2. The number of hydrogen-bond donors (Lipinski definition) is 2. The minimum atomic E-state index is -1.56. The van der Waals surface area contributed by atoms with E-state index in [1.807, 2.05) is 0 Å². The molecule has 0 bridgehead atoms. The summed E-state index contributed by atoms with van der Waals surface area (Å²) in [4.78, 5) is 29.7. The SMILES string of the molecule is Cc1c(C(=O)N[C@@H](O)c2cccc(F)c2)c2cccc(F)c2c(=O)n1-c1ccc(F)nc1. The van der Waals surface area contributed by atoms with Gasteiger partial charge in [0.25, 0.3) is 11.5 Å². The predicted molar refractivity (Wildman–Crippen MR) is 111 cm³/mol. The molecule has 1 amide bonds. The zero-order valence-corrected chi connectivity index (χ0v) is 16.6. The van der Waals surface area contributed by atoms with Crippen LogP contribution in [0.2, 0.25) is 0 Å². The number of pyridine rings is 2. The topological polar surface area (TPSA) is 84.2 Å². The Labute approximate surface area is 179 Å². The Morgan fingerprint density at radius 1 is 1.09 bits per heavy atom. The van der Waals surface area contributed by atoms with Gasteiger partial charge < -0.3 is 10.4 Å². The molecule has 2 aromatic carbocycles. The molecule has 0 aliphatic carbocycles. The summed E-state index contributed by atoms with van der Waals surface area (Å²) in [5, 5.41) is 12.4. The maximum atomic E-state index is 14.6. The molecule has 0 saturated heterocycles. The van der Waals surface area contributed by atoms with Gasteiger partial charge in [0, 0.05) is 16.6 Å². The van der Waals surface area contributed by atoms with Crippen LogP contribution in [0.3, 0.4) is 0 Å². The fourth-order valence-corrected chi connectivity index (χ4v) is 3.57. The average molecular weight is 439 g/mol. The first kappa shape index (κ1) is 21.3. The van der Waals surface area contributed by atoms with Gasteiger partial charge in [0.2, 0.25) is 5.95 Å². The quantitative estimate of drug-likeness (QED) is 0.376. The van der Waals surface area contributed by atoms with Crippen molar-refractivity contribution in [3.8, 4) is 5.69 Å². The fourth-order valence-electron chi connectivity index (χ4n) is 3.57. The number of nitrogens with one attached hydrogen (secondary N) is 1. The highest BCUT2D eigenvalue weighted by atomic mass is 19.1. The Morgan fingerprint density at radius 3 is 2.53 bits per heavy atom. The number of rotatable bonds is 4. The highest BCUT2D eigenvalue weighted by Gasteiger charge is 2.24. The van der Waals surface area contributed by atoms with E-state index in [9.17, 15) is 27.9 Å². The van der Waals surface area contributed by atoms with Crippen molar-refractivity contribution < 1.29 is 23.1 Å². The number of fused-ring (bicyclic) bond motifs is 1. The standard InChI is InChI=1S/C23H16F3N3O3/c1-12-19(22(31)28-21(30)13-4-2-5-14(24)10-13)16-6-3-7-17(25)20(16)23(32)29(12)15-8-9-18(26)27-11-15/h2-11,21,30H,1H3,(H,28,31)/t21-/m0/s1. The summed E-state index contributed by atoms with van der Waals surface area (Å²) in [7, 11) is 0. The first-order chi connectivity index (χ1) is 15.3. The van der Waals surface area contributed by atoms with Gasteiger partial charge in [-0.15, -0.1) is 0 Å². The van der Waals surface area contributed by atoms with E-state index in [-0.39, 0.29) is 33.3 Å². The zero-order valence-electron chi connectivity index (χ0n) is 16.6. The van der Waals surface area contributed by atoms with E-state index in [0.717, 1.165) is 29.0 Å². The predicted octanol–water partition coefficient (Wildman–Crippen LogP) is 3.53. The number of aliphatic hydroxyl groups excluding tert-OH is 1. The normalized spacial score (nSPS) is 12.0. The second kappa shape index (κ2) is 8.27. The van der Waals surface area contributed by atoms with Crippen molar-refractivity contribution in [2.45, 2.75) is 13.2 Å². The van der Waals surface area contributed by atoms with Crippen LogP contribution in [-0.4, -0.2) is 20.6 Å². The minimum absolute atomic E-state index is 0.0303. The molecule has 6 nitrogen and oxygen atoms in total. The summed E-state index contributed by atoms with van der Waals surface area (Å²) in [6, 6.07) is 11.2. The number of nitrogens with zero attached hydrogens (tertiary/aromatic N) is 2. The molecule has 0 radical (unpaired) electrons. The summed E-state index contributed by atoms with van der Waals surface area (Å²) in [6.45, 7) is 1.46. The number of aliphatic hydroxyl groups is 1. The molecule has 2 heterocycles. The Morgan fingerprint density at radius 2 is 1.84 bits per heavy atom. The van der Waals surface area contributed by atoms with Gasteiger partial charge in [-0.25, -0.2) is 13.8 Å². The number of carbonyl (C=O) groups excluding carboxylic acids is 1. The highest BCUT2D eigenvalue weighted by Crippen LogP contribution is 2.24. The van der Waals surface area contributed by atoms with Crippen LogP contribution in [0.4, 0.5) is 13.2 Å². The third kappa shape index (κ3) is 3.74. The molecular formula is C23H16F3N3O3. The number of aromatic nitrogens is 2. The van der Waals surface area contributed by atoms with Crippen molar-refractivity contribution in [3.05, 3.63) is 106 Å². The van der Waals surface area contributed by atoms with E-state index in [4.69, 9.17) is 0 Å². The van der Waals surface area contributed by atoms with Crippen LogP contribution in [0.25, 0.3) is 16.5 Å². The summed E-state index contributed by atoms with van der Waals surface area (Å²) in [6.07, 6.45) is -0.478. The van der Waals surface area contributed by atoms with E-state index >= 15 is 0 Å². The van der Waals surface area contributed by atoms with Crippen molar-refractivity contribution in [2.24, 2.45) is 0 Å². The number of amides is 1. The van der Waals surface area contributed by atoms with Gasteiger partial charge in [-0.2, -0.15) is 4.39 Å². The van der Waals surface area contributed by atoms with E-state index < -0.39 is 35.3 Å². The van der Waals surface area contributed by atoms with Crippen molar-refractivity contribution >= 4 is 16.7 Å². The van der Waals surface area contributed by atoms with Gasteiger partial charge in [0.15, 0.2) is 6.23 Å². The minimum Gasteiger partial charge on any atom is -0.369 e. The Hall–Kier alpha value is -3.98. The second-order valence-electron chi connectivity index (χ2n) is 7.03. The molecule has 162 valence electrons. The molecule has 2 aromatic heterocycles. The van der Waals surface area contributed by atoms with Gasteiger partial charge in [-0.1, -0.05) is 24.3 Å². The second-order valence-corrected chi connectivity index (χ2v) is 7.03. The Bertz CT molecular complexity index is 1400. The molecule has 0 unspecified atom stereocenters. The first-order valence-electron chi connectivity index (χ1n) is 9.48. The van der Waals surface area contributed by atoms with Crippen LogP contribution in [0.1, 0.15) is 27.8 Å². The third-order valence-electron chi connectivity index (χ3n) is 5.03. The van der Waals surface area contributed by atoms with Crippen LogP contribution in [-0.2, 0) is 0 Å². The molecule has 0 aliphatic rings. The molecule has 0 aliphatic heterocycles. The molecule has 9 heteroatoms. The van der Waals surface area contributed by atoms with Gasteiger partial charge in [-0.3, -0.25) is 14.2 Å². The summed E-state index contributed by atoms with van der Waals surface area (Å²) in [5.41, 5.74) is -0.503. The third-order valence-corrected chi connectivity index (χ3v) is 5.03. The van der Waals surface area contributed by atoms with Crippen molar-refractivity contribution in [2.75, 3.05) is 0 Å². The Balaban J connectivity index is 1.90. The van der Waals surface area contributed by atoms with Crippen LogP contribution >= 0.6 is 0 Å². The van der Waals surface area contributed by atoms with Crippen LogP contribution < -0.4 is 10.9 Å². The molecule has 2 N–H and O–H groups in total. The lowest BCUT2D eigenvalue weighted by molar-refractivity contribution is 0.0783. The smallest absolute Gasteiger partial charge is 0.266 e. The van der Waals surface area contributed by atoms with Crippen LogP contribution in [0.5, 0.6) is 0 Å². The van der Waals surface area contributed by atoms with Gasteiger partial charge in [0.05, 0.1) is 22.8 Å². The largest absolute Gasteiger partial charge is 0.369 e. The molecule has 4 aromatic rings. The van der Waals surface area contributed by atoms with E-state index in [1.165, 1.54) is 43.3 Å². The summed E-state index contributed by atoms with van der Waals surface area (Å²) >= 11 is 0. The first-order valence-corrected chi connectivity index (χ1v) is 9.48. The van der Waals surface area contributed by atoms with Crippen molar-refractivity contribution in [1.82, 2.24) is 14.9 Å². The molecular weight excluding hydrogens is 423 g/mol. The van der Waals surface area contributed by atoms with Gasteiger partial charge >= 0.3 is 0 Å². The van der Waals surface area contributed by atoms with Crippen molar-refractivity contribution in [3.63, 3.8) is 0 Å². The highest BCUT2D eigenvalue weighted by molar-refractivity contribution is 6.08. The van der Waals surface area contributed by atoms with Gasteiger partial charge in [-0.05, 0) is 37.3 Å². The zero-order chi connectivity index (χ0) is 23.0. The molecule has 0 fully saturated rings. The lowest BCUT2D eigenvalue weighted by atomic mass is 10.0. The molecule has 1 atom stereocenters.